The van der Waals surface area contributed by atoms with E-state index in [1.165, 1.54) is 6.07 Å². The first-order chi connectivity index (χ1) is 10.3. The summed E-state index contributed by atoms with van der Waals surface area (Å²) in [7, 11) is -3.70. The number of nitro benzene ring substituents is 1. The Balaban J connectivity index is 2.52. The largest absolute Gasteiger partial charge is 0.270 e. The lowest BCUT2D eigenvalue weighted by molar-refractivity contribution is -0.385. The zero-order valence-electron chi connectivity index (χ0n) is 11.3. The minimum absolute atomic E-state index is 0.00743. The molecular formula is C13H10ClN3O4S. The van der Waals surface area contributed by atoms with Crippen molar-refractivity contribution in [1.82, 2.24) is 0 Å². The Morgan fingerprint density at radius 1 is 1.09 bits per heavy atom. The third kappa shape index (κ3) is 3.66. The minimum Gasteiger partial charge on any atom is -0.258 e. The highest BCUT2D eigenvalue weighted by molar-refractivity contribution is 7.90. The van der Waals surface area contributed by atoms with Crippen LogP contribution in [0.3, 0.4) is 0 Å². The molecule has 0 fully saturated rings. The molecule has 114 valence electrons. The van der Waals surface area contributed by atoms with Gasteiger partial charge in [-0.1, -0.05) is 23.7 Å². The van der Waals surface area contributed by atoms with Crippen molar-refractivity contribution in [2.24, 2.45) is 10.2 Å². The zero-order chi connectivity index (χ0) is 16.3. The maximum Gasteiger partial charge on any atom is 0.270 e. The Bertz CT molecular complexity index is 865. The molecule has 22 heavy (non-hydrogen) atoms. The first-order valence-corrected chi connectivity index (χ1v) is 8.21. The van der Waals surface area contributed by atoms with Crippen LogP contribution in [-0.4, -0.2) is 19.6 Å². The molecule has 0 aliphatic heterocycles. The molecule has 0 unspecified atom stereocenters. The molecule has 9 heteroatoms. The summed E-state index contributed by atoms with van der Waals surface area (Å²) in [6, 6.07) is 9.99. The summed E-state index contributed by atoms with van der Waals surface area (Å²) >= 11 is 5.93. The summed E-state index contributed by atoms with van der Waals surface area (Å²) in [6.07, 6.45) is 0.945. The van der Waals surface area contributed by atoms with Gasteiger partial charge in [-0.25, -0.2) is 8.42 Å². The third-order valence-electron chi connectivity index (χ3n) is 2.67. The number of hydrogen-bond donors (Lipinski definition) is 0. The Labute approximate surface area is 131 Å². The van der Waals surface area contributed by atoms with E-state index in [4.69, 9.17) is 11.6 Å². The summed E-state index contributed by atoms with van der Waals surface area (Å²) in [6.45, 7) is 0. The van der Waals surface area contributed by atoms with Gasteiger partial charge >= 0.3 is 0 Å². The second kappa shape index (κ2) is 6.20. The van der Waals surface area contributed by atoms with Gasteiger partial charge in [-0.15, -0.1) is 10.2 Å². The Hall–Kier alpha value is -2.32. The van der Waals surface area contributed by atoms with Gasteiger partial charge in [0.15, 0.2) is 9.84 Å². The van der Waals surface area contributed by atoms with Crippen LogP contribution in [0.5, 0.6) is 0 Å². The summed E-state index contributed by atoms with van der Waals surface area (Å²) in [5.41, 5.74) is 0.0344. The molecule has 0 atom stereocenters. The highest BCUT2D eigenvalue weighted by Gasteiger charge is 2.18. The average Bonchev–Trinajstić information content (AvgIpc) is 2.45. The molecule has 0 amide bonds. The summed E-state index contributed by atoms with van der Waals surface area (Å²) < 4.78 is 23.5. The van der Waals surface area contributed by atoms with Crippen LogP contribution in [0.2, 0.25) is 5.02 Å². The van der Waals surface area contributed by atoms with Crippen LogP contribution < -0.4 is 0 Å². The molecule has 0 aromatic heterocycles. The van der Waals surface area contributed by atoms with Gasteiger partial charge in [-0.05, 0) is 18.2 Å². The summed E-state index contributed by atoms with van der Waals surface area (Å²) in [4.78, 5) is 9.81. The van der Waals surface area contributed by atoms with Crippen molar-refractivity contribution in [3.8, 4) is 0 Å². The van der Waals surface area contributed by atoms with Crippen molar-refractivity contribution in [2.45, 2.75) is 4.90 Å². The van der Waals surface area contributed by atoms with Gasteiger partial charge in [0.1, 0.15) is 16.3 Å². The predicted octanol–water partition coefficient (Wildman–Crippen LogP) is 4.07. The molecule has 0 spiro atoms. The maximum atomic E-state index is 11.8. The van der Waals surface area contributed by atoms with Gasteiger partial charge in [0.2, 0.25) is 0 Å². The smallest absolute Gasteiger partial charge is 0.258 e. The average molecular weight is 340 g/mol. The summed E-state index contributed by atoms with van der Waals surface area (Å²) in [5.74, 6) is 0. The minimum atomic E-state index is -3.70. The number of azo groups is 1. The number of halogens is 1. The number of nitrogens with zero attached hydrogens (tertiary/aromatic N) is 3. The number of sulfone groups is 1. The van der Waals surface area contributed by atoms with Crippen LogP contribution in [0.4, 0.5) is 17.1 Å². The van der Waals surface area contributed by atoms with Crippen LogP contribution in [-0.2, 0) is 9.84 Å². The molecule has 0 aliphatic carbocycles. The number of rotatable bonds is 4. The van der Waals surface area contributed by atoms with E-state index in [1.54, 1.807) is 24.3 Å². The molecule has 7 nitrogen and oxygen atoms in total. The molecule has 0 saturated carbocycles. The van der Waals surface area contributed by atoms with E-state index < -0.39 is 14.8 Å². The van der Waals surface area contributed by atoms with E-state index in [9.17, 15) is 18.5 Å². The zero-order valence-corrected chi connectivity index (χ0v) is 12.9. The van der Waals surface area contributed by atoms with Gasteiger partial charge in [-0.3, -0.25) is 10.1 Å². The van der Waals surface area contributed by atoms with Gasteiger partial charge in [0.05, 0.1) is 9.95 Å². The number of nitro groups is 1. The second-order valence-electron chi connectivity index (χ2n) is 4.33. The van der Waals surface area contributed by atoms with Crippen molar-refractivity contribution in [3.05, 3.63) is 57.6 Å². The van der Waals surface area contributed by atoms with Crippen molar-refractivity contribution < 1.29 is 13.3 Å². The molecule has 0 radical (unpaired) electrons. The molecular weight excluding hydrogens is 330 g/mol. The monoisotopic (exact) mass is 339 g/mol. The molecule has 0 aliphatic rings. The van der Waals surface area contributed by atoms with Crippen molar-refractivity contribution >= 4 is 38.5 Å². The van der Waals surface area contributed by atoms with Crippen LogP contribution in [0.25, 0.3) is 0 Å². The van der Waals surface area contributed by atoms with Crippen molar-refractivity contribution in [1.29, 1.82) is 0 Å². The first-order valence-electron chi connectivity index (χ1n) is 5.94. The molecule has 0 heterocycles. The van der Waals surface area contributed by atoms with Crippen molar-refractivity contribution in [3.63, 3.8) is 0 Å². The van der Waals surface area contributed by atoms with E-state index in [1.807, 2.05) is 0 Å². The van der Waals surface area contributed by atoms with E-state index in [-0.39, 0.29) is 16.3 Å². The molecule has 2 rings (SSSR count). The topological polar surface area (TPSA) is 102 Å². The van der Waals surface area contributed by atoms with E-state index >= 15 is 0 Å². The third-order valence-corrected chi connectivity index (χ3v) is 4.12. The highest BCUT2D eigenvalue weighted by atomic mass is 35.5. The molecule has 0 N–H and O–H groups in total. The summed E-state index contributed by atoms with van der Waals surface area (Å²) in [5, 5.41) is 18.8. The molecule has 0 bridgehead atoms. The fourth-order valence-corrected chi connectivity index (χ4v) is 2.63. The standard InChI is InChI=1S/C13H10ClN3O4S/c1-22(20,21)13-8-9(17(18)19)6-7-12(13)16-15-11-5-3-2-4-10(11)14/h2-8H,1H3/b16-15+. The lowest BCUT2D eigenvalue weighted by Gasteiger charge is -2.03. The normalized spacial score (nSPS) is 11.7. The Morgan fingerprint density at radius 2 is 1.73 bits per heavy atom. The first kappa shape index (κ1) is 16.1. The van der Waals surface area contributed by atoms with E-state index in [0.29, 0.717) is 10.7 Å². The number of hydrogen-bond acceptors (Lipinski definition) is 6. The van der Waals surface area contributed by atoms with Crippen LogP contribution in [0.15, 0.2) is 57.6 Å². The number of non-ortho nitro benzene ring substituents is 1. The van der Waals surface area contributed by atoms with Crippen molar-refractivity contribution in [2.75, 3.05) is 6.26 Å². The quantitative estimate of drug-likeness (QED) is 0.476. The van der Waals surface area contributed by atoms with Gasteiger partial charge in [0, 0.05) is 18.4 Å². The van der Waals surface area contributed by atoms with Crippen LogP contribution in [0.1, 0.15) is 0 Å². The lowest BCUT2D eigenvalue weighted by atomic mass is 10.3. The van der Waals surface area contributed by atoms with Gasteiger partial charge < -0.3 is 0 Å². The fraction of sp³-hybridized carbons (Fsp3) is 0.0769. The van der Waals surface area contributed by atoms with Gasteiger partial charge in [-0.2, -0.15) is 0 Å². The molecule has 2 aromatic rings. The molecule has 0 saturated heterocycles. The van der Waals surface area contributed by atoms with E-state index in [2.05, 4.69) is 10.2 Å². The predicted molar refractivity (Wildman–Crippen MR) is 81.8 cm³/mol. The maximum absolute atomic E-state index is 11.8. The SMILES string of the molecule is CS(=O)(=O)c1cc([N+](=O)[O-])ccc1/N=N/c1ccccc1Cl. The lowest BCUT2D eigenvalue weighted by Crippen LogP contribution is -1.99. The van der Waals surface area contributed by atoms with Crippen LogP contribution in [0, 0.1) is 10.1 Å². The molecule has 2 aromatic carbocycles. The number of benzene rings is 2. The van der Waals surface area contributed by atoms with Gasteiger partial charge in [0.25, 0.3) is 5.69 Å². The fourth-order valence-electron chi connectivity index (χ4n) is 1.64. The Kier molecular flexibility index (Phi) is 4.53. The van der Waals surface area contributed by atoms with Crippen LogP contribution >= 0.6 is 11.6 Å². The highest BCUT2D eigenvalue weighted by Crippen LogP contribution is 2.31. The second-order valence-corrected chi connectivity index (χ2v) is 6.72. The Morgan fingerprint density at radius 3 is 2.32 bits per heavy atom. The van der Waals surface area contributed by atoms with E-state index in [0.717, 1.165) is 18.4 Å².